The first kappa shape index (κ1) is 16.4. The van der Waals surface area contributed by atoms with Crippen LogP contribution < -0.4 is 9.47 Å². The Bertz CT molecular complexity index is 525. The number of nitrogens with zero attached hydrogens (tertiary/aromatic N) is 1. The Morgan fingerprint density at radius 1 is 0.818 bits per heavy atom. The molecule has 0 atom stereocenters. The van der Waals surface area contributed by atoms with E-state index in [1.807, 2.05) is 54.6 Å². The molecule has 0 unspecified atom stereocenters. The number of hydrogen-bond donors (Lipinski definition) is 0. The zero-order valence-corrected chi connectivity index (χ0v) is 13.5. The third-order valence-corrected chi connectivity index (χ3v) is 3.55. The van der Waals surface area contributed by atoms with Crippen molar-refractivity contribution in [3.8, 4) is 17.2 Å². The molecular formula is C19H25NO2. The van der Waals surface area contributed by atoms with Gasteiger partial charge in [-0.2, -0.15) is 0 Å². The lowest BCUT2D eigenvalue weighted by atomic mass is 10.3. The summed E-state index contributed by atoms with van der Waals surface area (Å²) in [5, 5.41) is 0. The van der Waals surface area contributed by atoms with Crippen molar-refractivity contribution in [2.24, 2.45) is 0 Å². The van der Waals surface area contributed by atoms with Crippen LogP contribution in [-0.4, -0.2) is 31.6 Å². The van der Waals surface area contributed by atoms with Gasteiger partial charge in [0.15, 0.2) is 0 Å². The predicted octanol–water partition coefficient (Wildman–Crippen LogP) is 4.59. The molecule has 3 heteroatoms. The molecule has 0 radical (unpaired) electrons. The Morgan fingerprint density at radius 3 is 2.14 bits per heavy atom. The highest BCUT2D eigenvalue weighted by Gasteiger charge is 1.99. The molecule has 0 N–H and O–H groups in total. The van der Waals surface area contributed by atoms with Gasteiger partial charge in [-0.05, 0) is 69.4 Å². The highest BCUT2D eigenvalue weighted by molar-refractivity contribution is 5.35. The van der Waals surface area contributed by atoms with E-state index in [1.165, 1.54) is 6.42 Å². The molecule has 2 rings (SSSR count). The lowest BCUT2D eigenvalue weighted by Crippen LogP contribution is -2.19. The lowest BCUT2D eigenvalue weighted by Gasteiger charge is -2.13. The second kappa shape index (κ2) is 9.11. The van der Waals surface area contributed by atoms with Crippen molar-refractivity contribution < 1.29 is 9.47 Å². The maximum absolute atomic E-state index is 5.75. The van der Waals surface area contributed by atoms with Crippen LogP contribution in [0.1, 0.15) is 19.8 Å². The van der Waals surface area contributed by atoms with E-state index in [0.717, 1.165) is 43.4 Å². The van der Waals surface area contributed by atoms with Gasteiger partial charge < -0.3 is 14.4 Å². The first-order valence-corrected chi connectivity index (χ1v) is 7.92. The second-order valence-corrected chi connectivity index (χ2v) is 5.34. The Kier molecular flexibility index (Phi) is 6.78. The van der Waals surface area contributed by atoms with Crippen LogP contribution in [0.5, 0.6) is 17.2 Å². The molecule has 0 aromatic heterocycles. The molecule has 0 heterocycles. The van der Waals surface area contributed by atoms with Crippen molar-refractivity contribution in [3.05, 3.63) is 54.6 Å². The Hall–Kier alpha value is -2.00. The first-order valence-electron chi connectivity index (χ1n) is 7.92. The molecule has 0 spiro atoms. The maximum atomic E-state index is 5.75. The van der Waals surface area contributed by atoms with Crippen LogP contribution in [0, 0.1) is 0 Å². The van der Waals surface area contributed by atoms with Gasteiger partial charge in [0.2, 0.25) is 0 Å². The van der Waals surface area contributed by atoms with Gasteiger partial charge in [-0.25, -0.2) is 0 Å². The quantitative estimate of drug-likeness (QED) is 0.632. The minimum atomic E-state index is 0.760. The zero-order chi connectivity index (χ0) is 15.6. The fourth-order valence-electron chi connectivity index (χ4n) is 2.06. The molecule has 2 aromatic carbocycles. The Labute approximate surface area is 133 Å². The van der Waals surface area contributed by atoms with Crippen LogP contribution in [0.3, 0.4) is 0 Å². The molecule has 0 fully saturated rings. The standard InChI is InChI=1S/C19H25NO2/c1-3-20(2)15-7-8-16-21-17-11-13-19(14-12-17)22-18-9-5-4-6-10-18/h4-6,9-14H,3,7-8,15-16H2,1-2H3. The average molecular weight is 299 g/mol. The van der Waals surface area contributed by atoms with Gasteiger partial charge in [-0.3, -0.25) is 0 Å². The number of ether oxygens (including phenoxy) is 2. The molecule has 0 aliphatic carbocycles. The summed E-state index contributed by atoms with van der Waals surface area (Å²) in [4.78, 5) is 2.32. The molecule has 0 saturated heterocycles. The second-order valence-electron chi connectivity index (χ2n) is 5.34. The van der Waals surface area contributed by atoms with E-state index in [0.29, 0.717) is 0 Å². The molecule has 0 amide bonds. The van der Waals surface area contributed by atoms with Crippen LogP contribution in [0.2, 0.25) is 0 Å². The van der Waals surface area contributed by atoms with Gasteiger partial charge >= 0.3 is 0 Å². The first-order chi connectivity index (χ1) is 10.8. The third-order valence-electron chi connectivity index (χ3n) is 3.55. The average Bonchev–Trinajstić information content (AvgIpc) is 2.57. The van der Waals surface area contributed by atoms with Gasteiger partial charge in [0.05, 0.1) is 6.61 Å². The normalized spacial score (nSPS) is 10.7. The number of para-hydroxylation sites is 1. The summed E-state index contributed by atoms with van der Waals surface area (Å²) in [5.74, 6) is 2.56. The highest BCUT2D eigenvalue weighted by Crippen LogP contribution is 2.23. The fraction of sp³-hybridized carbons (Fsp3) is 0.368. The molecule has 3 nitrogen and oxygen atoms in total. The summed E-state index contributed by atoms with van der Waals surface area (Å²) < 4.78 is 11.5. The molecule has 0 aliphatic heterocycles. The van der Waals surface area contributed by atoms with Crippen LogP contribution in [-0.2, 0) is 0 Å². The molecule has 2 aromatic rings. The molecule has 0 bridgehead atoms. The maximum Gasteiger partial charge on any atom is 0.127 e. The summed E-state index contributed by atoms with van der Waals surface area (Å²) in [6.45, 7) is 5.17. The largest absolute Gasteiger partial charge is 0.494 e. The summed E-state index contributed by atoms with van der Waals surface area (Å²) in [7, 11) is 2.15. The Morgan fingerprint density at radius 2 is 1.45 bits per heavy atom. The number of hydrogen-bond acceptors (Lipinski definition) is 3. The number of rotatable bonds is 9. The van der Waals surface area contributed by atoms with Crippen LogP contribution in [0.25, 0.3) is 0 Å². The predicted molar refractivity (Wildman–Crippen MR) is 90.9 cm³/mol. The van der Waals surface area contributed by atoms with E-state index in [4.69, 9.17) is 9.47 Å². The van der Waals surface area contributed by atoms with Crippen LogP contribution >= 0.6 is 0 Å². The minimum absolute atomic E-state index is 0.760. The van der Waals surface area contributed by atoms with Crippen molar-refractivity contribution >= 4 is 0 Å². The number of unbranched alkanes of at least 4 members (excludes halogenated alkanes) is 1. The van der Waals surface area contributed by atoms with Crippen molar-refractivity contribution in [1.82, 2.24) is 4.90 Å². The van der Waals surface area contributed by atoms with E-state index in [1.54, 1.807) is 0 Å². The van der Waals surface area contributed by atoms with Gasteiger partial charge in [0.1, 0.15) is 17.2 Å². The topological polar surface area (TPSA) is 21.7 Å². The van der Waals surface area contributed by atoms with E-state index in [9.17, 15) is 0 Å². The van der Waals surface area contributed by atoms with Gasteiger partial charge in [-0.1, -0.05) is 25.1 Å². The highest BCUT2D eigenvalue weighted by atomic mass is 16.5. The summed E-state index contributed by atoms with van der Waals surface area (Å²) in [5.41, 5.74) is 0. The van der Waals surface area contributed by atoms with Crippen molar-refractivity contribution in [2.45, 2.75) is 19.8 Å². The molecule has 0 saturated carbocycles. The van der Waals surface area contributed by atoms with Crippen LogP contribution in [0.15, 0.2) is 54.6 Å². The summed E-state index contributed by atoms with van der Waals surface area (Å²) >= 11 is 0. The zero-order valence-electron chi connectivity index (χ0n) is 13.5. The molecule has 0 aliphatic rings. The van der Waals surface area contributed by atoms with Crippen molar-refractivity contribution in [2.75, 3.05) is 26.7 Å². The van der Waals surface area contributed by atoms with Gasteiger partial charge in [-0.15, -0.1) is 0 Å². The van der Waals surface area contributed by atoms with Crippen molar-refractivity contribution in [1.29, 1.82) is 0 Å². The fourth-order valence-corrected chi connectivity index (χ4v) is 2.06. The lowest BCUT2D eigenvalue weighted by molar-refractivity contribution is 0.283. The van der Waals surface area contributed by atoms with Gasteiger partial charge in [0, 0.05) is 0 Å². The molecule has 118 valence electrons. The molecular weight excluding hydrogens is 274 g/mol. The Balaban J connectivity index is 1.70. The van der Waals surface area contributed by atoms with E-state index in [2.05, 4.69) is 18.9 Å². The minimum Gasteiger partial charge on any atom is -0.494 e. The SMILES string of the molecule is CCN(C)CCCCOc1ccc(Oc2ccccc2)cc1. The van der Waals surface area contributed by atoms with E-state index >= 15 is 0 Å². The van der Waals surface area contributed by atoms with E-state index < -0.39 is 0 Å². The summed E-state index contributed by atoms with van der Waals surface area (Å²) in [6.07, 6.45) is 2.24. The van der Waals surface area contributed by atoms with Crippen LogP contribution in [0.4, 0.5) is 0 Å². The third kappa shape index (κ3) is 5.78. The van der Waals surface area contributed by atoms with Gasteiger partial charge in [0.25, 0.3) is 0 Å². The van der Waals surface area contributed by atoms with Crippen molar-refractivity contribution in [3.63, 3.8) is 0 Å². The smallest absolute Gasteiger partial charge is 0.127 e. The monoisotopic (exact) mass is 299 g/mol. The summed E-state index contributed by atoms with van der Waals surface area (Å²) in [6, 6.07) is 17.6. The number of benzene rings is 2. The van der Waals surface area contributed by atoms with E-state index in [-0.39, 0.29) is 0 Å². The molecule has 22 heavy (non-hydrogen) atoms.